The molecule has 42 heavy (non-hydrogen) atoms. The quantitative estimate of drug-likeness (QED) is 0.211. The molecule has 0 heterocycles. The second-order valence-corrected chi connectivity index (χ2v) is 12.1. The minimum absolute atomic E-state index is 0.1000. The molecule has 2 atom stereocenters. The lowest BCUT2D eigenvalue weighted by Crippen LogP contribution is -2.54. The van der Waals surface area contributed by atoms with Gasteiger partial charge < -0.3 is 25.4 Å². The maximum absolute atomic E-state index is 14.3. The molecule has 0 aromatic heterocycles. The average Bonchev–Trinajstić information content (AvgIpc) is 2.91. The third-order valence-corrected chi connectivity index (χ3v) is 7.00. The second kappa shape index (κ2) is 14.2. The van der Waals surface area contributed by atoms with Crippen LogP contribution in [-0.2, 0) is 14.3 Å². The molecule has 0 aliphatic heterocycles. The van der Waals surface area contributed by atoms with Gasteiger partial charge in [-0.15, -0.1) is 0 Å². The van der Waals surface area contributed by atoms with E-state index in [1.165, 1.54) is 6.07 Å². The van der Waals surface area contributed by atoms with E-state index in [1.54, 1.807) is 44.7 Å². The lowest BCUT2D eigenvalue weighted by atomic mass is 9.97. The molecule has 3 amide bonds. The topological polar surface area (TPSA) is 108 Å². The number of ether oxygens (including phenoxy) is 1. The van der Waals surface area contributed by atoms with Crippen molar-refractivity contribution in [3.63, 3.8) is 0 Å². The number of amides is 3. The number of hydrogen-bond acceptors (Lipinski definition) is 5. The highest BCUT2D eigenvalue weighted by atomic mass is 16.6. The summed E-state index contributed by atoms with van der Waals surface area (Å²) in [6.45, 7) is 13.1. The summed E-state index contributed by atoms with van der Waals surface area (Å²) in [4.78, 5) is 42.8. The van der Waals surface area contributed by atoms with E-state index in [1.807, 2.05) is 56.3 Å². The van der Waals surface area contributed by atoms with E-state index in [2.05, 4.69) is 17.6 Å². The number of carbonyl (C=O) groups excluding carboxylic acids is 3. The third-order valence-electron chi connectivity index (χ3n) is 7.00. The molecule has 0 fully saturated rings. The predicted octanol–water partition coefficient (Wildman–Crippen LogP) is 7.10. The number of aromatic hydroxyl groups is 1. The Bertz CT molecular complexity index is 1400. The van der Waals surface area contributed by atoms with Crippen molar-refractivity contribution in [1.82, 2.24) is 10.2 Å². The lowest BCUT2D eigenvalue weighted by Gasteiger charge is -2.36. The van der Waals surface area contributed by atoms with Crippen molar-refractivity contribution in [2.45, 2.75) is 85.4 Å². The molecular weight excluding hydrogens is 530 g/mol. The van der Waals surface area contributed by atoms with Crippen LogP contribution in [0.4, 0.5) is 10.5 Å². The highest BCUT2D eigenvalue weighted by molar-refractivity contribution is 6.00. The smallest absolute Gasteiger partial charge is 0.408 e. The van der Waals surface area contributed by atoms with Crippen LogP contribution in [0.15, 0.2) is 60.7 Å². The minimum atomic E-state index is -1.01. The fourth-order valence-electron chi connectivity index (χ4n) is 4.82. The number of unbranched alkanes of at least 4 members (excludes halogenated alkanes) is 2. The van der Waals surface area contributed by atoms with E-state index < -0.39 is 23.8 Å². The van der Waals surface area contributed by atoms with E-state index in [0.29, 0.717) is 29.8 Å². The first-order chi connectivity index (χ1) is 19.8. The van der Waals surface area contributed by atoms with Crippen molar-refractivity contribution in [2.24, 2.45) is 5.92 Å². The molecule has 0 aliphatic rings. The fraction of sp³-hybridized carbons (Fsp3) is 0.441. The zero-order valence-corrected chi connectivity index (χ0v) is 25.9. The van der Waals surface area contributed by atoms with E-state index in [-0.39, 0.29) is 23.5 Å². The fourth-order valence-corrected chi connectivity index (χ4v) is 4.82. The van der Waals surface area contributed by atoms with Crippen molar-refractivity contribution >= 4 is 34.4 Å². The summed E-state index contributed by atoms with van der Waals surface area (Å²) in [6, 6.07) is 16.5. The highest BCUT2D eigenvalue weighted by Crippen LogP contribution is 2.30. The lowest BCUT2D eigenvalue weighted by molar-refractivity contribution is -0.141. The van der Waals surface area contributed by atoms with Gasteiger partial charge in [-0.1, -0.05) is 70.0 Å². The van der Waals surface area contributed by atoms with Crippen molar-refractivity contribution in [1.29, 1.82) is 0 Å². The number of nitrogens with one attached hydrogen (secondary N) is 2. The maximum Gasteiger partial charge on any atom is 0.408 e. The summed E-state index contributed by atoms with van der Waals surface area (Å²) in [6.07, 6.45) is 1.78. The summed E-state index contributed by atoms with van der Waals surface area (Å²) in [5, 5.41) is 18.0. The van der Waals surface area contributed by atoms with Gasteiger partial charge in [0.2, 0.25) is 5.91 Å². The van der Waals surface area contributed by atoms with Gasteiger partial charge in [0, 0.05) is 12.2 Å². The molecule has 0 aliphatic carbocycles. The number of anilines is 1. The van der Waals surface area contributed by atoms with Crippen LogP contribution in [0.3, 0.4) is 0 Å². The van der Waals surface area contributed by atoms with Gasteiger partial charge in [0.25, 0.3) is 5.91 Å². The van der Waals surface area contributed by atoms with Gasteiger partial charge in [-0.25, -0.2) is 4.79 Å². The average molecular weight is 576 g/mol. The molecule has 8 heteroatoms. The predicted molar refractivity (Wildman–Crippen MR) is 167 cm³/mol. The Morgan fingerprint density at radius 2 is 1.64 bits per heavy atom. The molecule has 0 spiro atoms. The molecule has 3 rings (SSSR count). The second-order valence-electron chi connectivity index (χ2n) is 12.1. The van der Waals surface area contributed by atoms with Gasteiger partial charge in [-0.2, -0.15) is 0 Å². The SMILES string of the molecule is CCCCCN(C(=O)C(NC(=O)OC(C)(C)C)C(C)C)C(C(=O)Nc1ccc2ccccc2c1)c1ccc(O)c(C)c1. The van der Waals surface area contributed by atoms with E-state index >= 15 is 0 Å². The molecule has 8 nitrogen and oxygen atoms in total. The molecule has 3 N–H and O–H groups in total. The van der Waals surface area contributed by atoms with Gasteiger partial charge >= 0.3 is 6.09 Å². The van der Waals surface area contributed by atoms with Crippen LogP contribution in [0.1, 0.15) is 78.0 Å². The van der Waals surface area contributed by atoms with Crippen LogP contribution < -0.4 is 10.6 Å². The highest BCUT2D eigenvalue weighted by Gasteiger charge is 2.37. The number of benzene rings is 3. The number of alkyl carbamates (subject to hydrolysis) is 1. The third kappa shape index (κ3) is 8.71. The molecular formula is C34H45N3O5. The molecule has 0 radical (unpaired) electrons. The van der Waals surface area contributed by atoms with Gasteiger partial charge in [0.15, 0.2) is 0 Å². The van der Waals surface area contributed by atoms with Crippen molar-refractivity contribution in [3.05, 3.63) is 71.8 Å². The Kier molecular flexibility index (Phi) is 11.0. The summed E-state index contributed by atoms with van der Waals surface area (Å²) in [7, 11) is 0. The summed E-state index contributed by atoms with van der Waals surface area (Å²) in [5.41, 5.74) is 1.02. The normalized spacial score (nSPS) is 13.0. The monoisotopic (exact) mass is 575 g/mol. The largest absolute Gasteiger partial charge is 0.508 e. The molecule has 0 saturated heterocycles. The Labute approximate surface area is 249 Å². The van der Waals surface area contributed by atoms with E-state index in [4.69, 9.17) is 4.74 Å². The van der Waals surface area contributed by atoms with Gasteiger partial charge in [-0.3, -0.25) is 9.59 Å². The molecule has 3 aromatic carbocycles. The van der Waals surface area contributed by atoms with Gasteiger partial charge in [0.1, 0.15) is 23.4 Å². The summed E-state index contributed by atoms with van der Waals surface area (Å²) in [5.74, 6) is -0.941. The Balaban J connectivity index is 2.05. The number of carbonyl (C=O) groups is 3. The van der Waals surface area contributed by atoms with Crippen molar-refractivity contribution < 1.29 is 24.2 Å². The number of rotatable bonds is 11. The molecule has 0 saturated carbocycles. The number of nitrogens with zero attached hydrogens (tertiary/aromatic N) is 1. The van der Waals surface area contributed by atoms with Gasteiger partial charge in [-0.05, 0) is 86.2 Å². The van der Waals surface area contributed by atoms with Crippen LogP contribution in [-0.4, -0.2) is 46.1 Å². The first-order valence-corrected chi connectivity index (χ1v) is 14.7. The zero-order valence-electron chi connectivity index (χ0n) is 25.9. The summed E-state index contributed by atoms with van der Waals surface area (Å²) >= 11 is 0. The van der Waals surface area contributed by atoms with Crippen LogP contribution >= 0.6 is 0 Å². The number of phenolic OH excluding ortho intramolecular Hbond substituents is 1. The van der Waals surface area contributed by atoms with Crippen LogP contribution in [0.2, 0.25) is 0 Å². The first-order valence-electron chi connectivity index (χ1n) is 14.7. The Hall–Kier alpha value is -4.07. The first kappa shape index (κ1) is 32.4. The van der Waals surface area contributed by atoms with Crippen molar-refractivity contribution in [3.8, 4) is 5.75 Å². The van der Waals surface area contributed by atoms with Crippen LogP contribution in [0, 0.1) is 12.8 Å². The van der Waals surface area contributed by atoms with Gasteiger partial charge in [0.05, 0.1) is 0 Å². The van der Waals surface area contributed by atoms with Crippen LogP contribution in [0.5, 0.6) is 5.75 Å². The van der Waals surface area contributed by atoms with Crippen LogP contribution in [0.25, 0.3) is 10.8 Å². The van der Waals surface area contributed by atoms with E-state index in [9.17, 15) is 19.5 Å². The van der Waals surface area contributed by atoms with Crippen molar-refractivity contribution in [2.75, 3.05) is 11.9 Å². The number of phenols is 1. The molecule has 2 unspecified atom stereocenters. The van der Waals surface area contributed by atoms with E-state index in [0.717, 1.165) is 23.6 Å². The molecule has 3 aromatic rings. The maximum atomic E-state index is 14.3. The zero-order chi connectivity index (χ0) is 31.0. The number of fused-ring (bicyclic) bond motifs is 1. The number of hydrogen-bond donors (Lipinski definition) is 3. The Morgan fingerprint density at radius 3 is 2.26 bits per heavy atom. The standard InChI is InChI=1S/C34H45N3O5/c1-8-9-12-19-37(32(40)29(22(2)3)36-33(41)42-34(5,6)7)30(26-16-18-28(38)23(4)20-26)31(39)35-27-17-15-24-13-10-11-14-25(24)21-27/h10-11,13-18,20-22,29-30,38H,8-9,12,19H2,1-7H3,(H,35,39)(H,36,41). The molecule has 0 bridgehead atoms. The minimum Gasteiger partial charge on any atom is -0.508 e. The Morgan fingerprint density at radius 1 is 0.952 bits per heavy atom. The molecule has 226 valence electrons. The summed E-state index contributed by atoms with van der Waals surface area (Å²) < 4.78 is 5.45. The number of aryl methyl sites for hydroxylation is 1.